The second kappa shape index (κ2) is 5.81. The van der Waals surface area contributed by atoms with E-state index in [1.54, 1.807) is 6.07 Å². The van der Waals surface area contributed by atoms with Crippen LogP contribution in [0.1, 0.15) is 68.9 Å². The minimum Gasteiger partial charge on any atom is -0.384 e. The van der Waals surface area contributed by atoms with Gasteiger partial charge in [0, 0.05) is 23.3 Å². The molecule has 0 bridgehead atoms. The molecule has 2 atom stereocenters. The van der Waals surface area contributed by atoms with Gasteiger partial charge in [-0.25, -0.2) is 4.98 Å². The molecule has 1 aliphatic rings. The molecule has 0 radical (unpaired) electrons. The summed E-state index contributed by atoms with van der Waals surface area (Å²) >= 11 is 0. The molecule has 4 heteroatoms. The molecule has 1 aromatic rings. The molecule has 2 heterocycles. The molecule has 110 valence electrons. The van der Waals surface area contributed by atoms with E-state index in [2.05, 4.69) is 32.7 Å². The molecule has 0 saturated carbocycles. The summed E-state index contributed by atoms with van der Waals surface area (Å²) in [5, 5.41) is 0. The van der Waals surface area contributed by atoms with Gasteiger partial charge in [0.15, 0.2) is 0 Å². The van der Waals surface area contributed by atoms with Crippen molar-refractivity contribution in [2.75, 3.05) is 5.73 Å². The second-order valence-corrected chi connectivity index (χ2v) is 6.06. The van der Waals surface area contributed by atoms with Crippen LogP contribution in [0.4, 0.5) is 5.82 Å². The molecule has 4 nitrogen and oxygen atoms in total. The zero-order valence-corrected chi connectivity index (χ0v) is 12.9. The van der Waals surface area contributed by atoms with Crippen LogP contribution >= 0.6 is 0 Å². The van der Waals surface area contributed by atoms with Gasteiger partial charge < -0.3 is 10.6 Å². The number of nitrogens with zero attached hydrogens (tertiary/aromatic N) is 2. The zero-order chi connectivity index (χ0) is 14.9. The van der Waals surface area contributed by atoms with Crippen molar-refractivity contribution < 1.29 is 4.79 Å². The minimum absolute atomic E-state index is 0.0952. The summed E-state index contributed by atoms with van der Waals surface area (Å²) in [6.07, 6.45) is 3.19. The highest BCUT2D eigenvalue weighted by molar-refractivity contribution is 5.95. The lowest BCUT2D eigenvalue weighted by molar-refractivity contribution is 0.0676. The van der Waals surface area contributed by atoms with Gasteiger partial charge in [0.05, 0.1) is 0 Å². The molecule has 1 aromatic heterocycles. The van der Waals surface area contributed by atoms with Gasteiger partial charge in [0.2, 0.25) is 0 Å². The first-order valence-electron chi connectivity index (χ1n) is 7.54. The van der Waals surface area contributed by atoms with Gasteiger partial charge in [0.25, 0.3) is 5.91 Å². The van der Waals surface area contributed by atoms with Crippen molar-refractivity contribution in [2.45, 2.75) is 65.0 Å². The minimum atomic E-state index is 0.0952. The Morgan fingerprint density at radius 3 is 2.75 bits per heavy atom. The van der Waals surface area contributed by atoms with E-state index < -0.39 is 0 Å². The lowest BCUT2D eigenvalue weighted by Crippen LogP contribution is -2.39. The Kier molecular flexibility index (Phi) is 4.31. The fourth-order valence-corrected chi connectivity index (χ4v) is 2.98. The SMILES string of the molecule is CCC1CCC(C)N1C(=O)c1cc(N)nc(C(C)C)c1. The van der Waals surface area contributed by atoms with E-state index in [-0.39, 0.29) is 11.8 Å². The third kappa shape index (κ3) is 2.79. The topological polar surface area (TPSA) is 59.2 Å². The van der Waals surface area contributed by atoms with Crippen molar-refractivity contribution >= 4 is 11.7 Å². The van der Waals surface area contributed by atoms with Gasteiger partial charge in [-0.2, -0.15) is 0 Å². The highest BCUT2D eigenvalue weighted by atomic mass is 16.2. The summed E-state index contributed by atoms with van der Waals surface area (Å²) in [6, 6.07) is 4.26. The van der Waals surface area contributed by atoms with Crippen molar-refractivity contribution in [3.8, 4) is 0 Å². The van der Waals surface area contributed by atoms with Crippen LogP contribution in [-0.2, 0) is 0 Å². The van der Waals surface area contributed by atoms with Crippen molar-refractivity contribution in [2.24, 2.45) is 0 Å². The summed E-state index contributed by atoms with van der Waals surface area (Å²) < 4.78 is 0. The van der Waals surface area contributed by atoms with Gasteiger partial charge in [-0.05, 0) is 44.2 Å². The number of amides is 1. The summed E-state index contributed by atoms with van der Waals surface area (Å²) in [5.41, 5.74) is 7.41. The fraction of sp³-hybridized carbons (Fsp3) is 0.625. The standard InChI is InChI=1S/C16H25N3O/c1-5-13-7-6-11(4)19(13)16(20)12-8-14(10(2)3)18-15(17)9-12/h8-11,13H,5-7H2,1-4H3,(H2,17,18). The second-order valence-electron chi connectivity index (χ2n) is 6.06. The molecule has 0 aliphatic carbocycles. The van der Waals surface area contributed by atoms with E-state index in [4.69, 9.17) is 5.73 Å². The summed E-state index contributed by atoms with van der Waals surface area (Å²) in [7, 11) is 0. The van der Waals surface area contributed by atoms with Crippen LogP contribution in [0, 0.1) is 0 Å². The van der Waals surface area contributed by atoms with Crippen LogP contribution in [0.5, 0.6) is 0 Å². The summed E-state index contributed by atoms with van der Waals surface area (Å²) in [4.78, 5) is 19.1. The van der Waals surface area contributed by atoms with Crippen LogP contribution in [-0.4, -0.2) is 27.9 Å². The first kappa shape index (κ1) is 14.8. The Labute approximate surface area is 121 Å². The number of pyridine rings is 1. The van der Waals surface area contributed by atoms with Crippen molar-refractivity contribution in [3.05, 3.63) is 23.4 Å². The third-order valence-electron chi connectivity index (χ3n) is 4.20. The number of likely N-dealkylation sites (tertiary alicyclic amines) is 1. The molecule has 1 saturated heterocycles. The zero-order valence-electron chi connectivity index (χ0n) is 12.9. The lowest BCUT2D eigenvalue weighted by Gasteiger charge is -2.28. The van der Waals surface area contributed by atoms with Crippen molar-refractivity contribution in [3.63, 3.8) is 0 Å². The smallest absolute Gasteiger partial charge is 0.254 e. The van der Waals surface area contributed by atoms with Crippen LogP contribution < -0.4 is 5.73 Å². The Morgan fingerprint density at radius 1 is 1.45 bits per heavy atom. The van der Waals surface area contributed by atoms with Gasteiger partial charge in [0.1, 0.15) is 5.82 Å². The number of nitrogens with two attached hydrogens (primary N) is 1. The lowest BCUT2D eigenvalue weighted by atomic mass is 10.1. The molecular weight excluding hydrogens is 250 g/mol. The van der Waals surface area contributed by atoms with E-state index in [0.717, 1.165) is 25.0 Å². The molecule has 20 heavy (non-hydrogen) atoms. The molecule has 1 fully saturated rings. The quantitative estimate of drug-likeness (QED) is 0.921. The molecule has 1 amide bonds. The maximum absolute atomic E-state index is 12.8. The average molecular weight is 275 g/mol. The Morgan fingerprint density at radius 2 is 2.15 bits per heavy atom. The summed E-state index contributed by atoms with van der Waals surface area (Å²) in [6.45, 7) is 8.39. The fourth-order valence-electron chi connectivity index (χ4n) is 2.98. The normalized spacial score (nSPS) is 22.6. The number of carbonyl (C=O) groups is 1. The summed E-state index contributed by atoms with van der Waals surface area (Å²) in [5.74, 6) is 0.792. The molecule has 2 N–H and O–H groups in total. The molecule has 0 aromatic carbocycles. The predicted octanol–water partition coefficient (Wildman–Crippen LogP) is 3.19. The maximum Gasteiger partial charge on any atom is 0.254 e. The Balaban J connectivity index is 2.33. The maximum atomic E-state index is 12.8. The largest absolute Gasteiger partial charge is 0.384 e. The van der Waals surface area contributed by atoms with Gasteiger partial charge >= 0.3 is 0 Å². The number of hydrogen-bond acceptors (Lipinski definition) is 3. The first-order valence-corrected chi connectivity index (χ1v) is 7.54. The molecule has 2 rings (SSSR count). The first-order chi connectivity index (χ1) is 9.43. The van der Waals surface area contributed by atoms with Crippen LogP contribution in [0.15, 0.2) is 12.1 Å². The third-order valence-corrected chi connectivity index (χ3v) is 4.20. The van der Waals surface area contributed by atoms with Crippen molar-refractivity contribution in [1.29, 1.82) is 0 Å². The monoisotopic (exact) mass is 275 g/mol. The van der Waals surface area contributed by atoms with E-state index in [1.807, 2.05) is 11.0 Å². The van der Waals surface area contributed by atoms with Gasteiger partial charge in [-0.1, -0.05) is 20.8 Å². The van der Waals surface area contributed by atoms with E-state index >= 15 is 0 Å². The molecule has 0 spiro atoms. The highest BCUT2D eigenvalue weighted by Crippen LogP contribution is 2.28. The van der Waals surface area contributed by atoms with E-state index in [1.165, 1.54) is 0 Å². The number of hydrogen-bond donors (Lipinski definition) is 1. The van der Waals surface area contributed by atoms with Crippen LogP contribution in [0.2, 0.25) is 0 Å². The predicted molar refractivity (Wildman–Crippen MR) is 81.7 cm³/mol. The number of carbonyl (C=O) groups excluding carboxylic acids is 1. The van der Waals surface area contributed by atoms with Gasteiger partial charge in [-0.3, -0.25) is 4.79 Å². The Hall–Kier alpha value is -1.58. The van der Waals surface area contributed by atoms with Crippen molar-refractivity contribution in [1.82, 2.24) is 9.88 Å². The van der Waals surface area contributed by atoms with E-state index in [9.17, 15) is 4.79 Å². The number of rotatable bonds is 3. The molecule has 2 unspecified atom stereocenters. The molecular formula is C16H25N3O. The molecule has 1 aliphatic heterocycles. The number of aromatic nitrogens is 1. The van der Waals surface area contributed by atoms with Crippen LogP contribution in [0.25, 0.3) is 0 Å². The number of nitrogen functional groups attached to an aromatic ring is 1. The highest BCUT2D eigenvalue weighted by Gasteiger charge is 2.33. The van der Waals surface area contributed by atoms with Crippen LogP contribution in [0.3, 0.4) is 0 Å². The number of anilines is 1. The van der Waals surface area contributed by atoms with Gasteiger partial charge in [-0.15, -0.1) is 0 Å². The average Bonchev–Trinajstić information content (AvgIpc) is 2.78. The van der Waals surface area contributed by atoms with E-state index in [0.29, 0.717) is 23.5 Å². The Bertz CT molecular complexity index is 498.